The summed E-state index contributed by atoms with van der Waals surface area (Å²) in [7, 11) is 1.57. The molecule has 6 heteroatoms. The Kier molecular flexibility index (Phi) is 4.83. The molecule has 4 aromatic rings. The first-order chi connectivity index (χ1) is 14.1. The summed E-state index contributed by atoms with van der Waals surface area (Å²) in [6.45, 7) is 0. The van der Waals surface area contributed by atoms with Crippen LogP contribution in [0, 0.1) is 5.82 Å². The van der Waals surface area contributed by atoms with E-state index in [-0.39, 0.29) is 17.4 Å². The summed E-state index contributed by atoms with van der Waals surface area (Å²) in [5.74, 6) is 0.374. The van der Waals surface area contributed by atoms with Crippen LogP contribution in [0.1, 0.15) is 15.9 Å². The summed E-state index contributed by atoms with van der Waals surface area (Å²) in [6.07, 6.45) is 3.36. The zero-order chi connectivity index (χ0) is 20.4. The van der Waals surface area contributed by atoms with Crippen LogP contribution in [0.5, 0.6) is 5.75 Å². The molecule has 0 spiro atoms. The molecule has 4 rings (SSSR count). The normalized spacial score (nSPS) is 10.7. The Bertz CT molecular complexity index is 1150. The average molecular weight is 387 g/mol. The van der Waals surface area contributed by atoms with E-state index in [2.05, 4.69) is 4.98 Å². The summed E-state index contributed by atoms with van der Waals surface area (Å²) in [4.78, 5) is 17.3. The molecule has 0 unspecified atom stereocenters. The van der Waals surface area contributed by atoms with Gasteiger partial charge < -0.3 is 10.5 Å². The molecule has 0 radical (unpaired) electrons. The number of rotatable bonds is 5. The third-order valence-electron chi connectivity index (χ3n) is 4.68. The molecule has 0 aliphatic heterocycles. The van der Waals surface area contributed by atoms with E-state index in [9.17, 15) is 9.18 Å². The molecule has 0 atom stereocenters. The highest BCUT2D eigenvalue weighted by molar-refractivity contribution is 6.13. The number of anilines is 1. The van der Waals surface area contributed by atoms with Crippen molar-refractivity contribution < 1.29 is 13.9 Å². The first-order valence-corrected chi connectivity index (χ1v) is 8.95. The van der Waals surface area contributed by atoms with Crippen LogP contribution in [-0.2, 0) is 0 Å². The van der Waals surface area contributed by atoms with Gasteiger partial charge in [-0.15, -0.1) is 0 Å². The lowest BCUT2D eigenvalue weighted by Crippen LogP contribution is -2.07. The van der Waals surface area contributed by atoms with Gasteiger partial charge in [0, 0.05) is 29.2 Å². The maximum Gasteiger partial charge on any atom is 0.196 e. The third-order valence-corrected chi connectivity index (χ3v) is 4.68. The van der Waals surface area contributed by atoms with Crippen molar-refractivity contribution in [1.29, 1.82) is 0 Å². The highest BCUT2D eigenvalue weighted by Gasteiger charge is 2.21. The van der Waals surface area contributed by atoms with Gasteiger partial charge >= 0.3 is 0 Å². The minimum atomic E-state index is -0.350. The number of nitrogens with zero attached hydrogens (tertiary/aromatic N) is 2. The Balaban J connectivity index is 1.87. The van der Waals surface area contributed by atoms with Gasteiger partial charge in [-0.2, -0.15) is 0 Å². The van der Waals surface area contributed by atoms with Crippen LogP contribution < -0.4 is 10.5 Å². The van der Waals surface area contributed by atoms with Gasteiger partial charge in [0.2, 0.25) is 0 Å². The summed E-state index contributed by atoms with van der Waals surface area (Å²) >= 11 is 0. The predicted octanol–water partition coefficient (Wildman–Crippen LogP) is 4.50. The van der Waals surface area contributed by atoms with E-state index < -0.39 is 0 Å². The fourth-order valence-corrected chi connectivity index (χ4v) is 3.20. The molecule has 0 amide bonds. The number of aromatic nitrogens is 2. The number of carbonyl (C=O) groups excluding carboxylic acids is 1. The average Bonchev–Trinajstić information content (AvgIpc) is 3.11. The van der Waals surface area contributed by atoms with Crippen molar-refractivity contribution in [2.24, 2.45) is 0 Å². The van der Waals surface area contributed by atoms with Gasteiger partial charge in [-0.25, -0.2) is 4.39 Å². The van der Waals surface area contributed by atoms with Crippen molar-refractivity contribution in [2.75, 3.05) is 12.8 Å². The number of ether oxygens (including phenoxy) is 1. The smallest absolute Gasteiger partial charge is 0.196 e. The first kappa shape index (κ1) is 18.4. The number of halogens is 1. The van der Waals surface area contributed by atoms with Crippen LogP contribution >= 0.6 is 0 Å². The largest absolute Gasteiger partial charge is 0.497 e. The Morgan fingerprint density at radius 1 is 1.07 bits per heavy atom. The molecule has 0 fully saturated rings. The van der Waals surface area contributed by atoms with Gasteiger partial charge in [-0.1, -0.05) is 0 Å². The minimum absolute atomic E-state index is 0.212. The Morgan fingerprint density at radius 2 is 1.79 bits per heavy atom. The number of ketones is 1. The molecule has 29 heavy (non-hydrogen) atoms. The predicted molar refractivity (Wildman–Crippen MR) is 110 cm³/mol. The van der Waals surface area contributed by atoms with Gasteiger partial charge in [-0.05, 0) is 66.7 Å². The molecule has 2 aromatic heterocycles. The van der Waals surface area contributed by atoms with E-state index in [0.29, 0.717) is 28.3 Å². The van der Waals surface area contributed by atoms with E-state index in [1.165, 1.54) is 12.1 Å². The van der Waals surface area contributed by atoms with Crippen LogP contribution in [0.3, 0.4) is 0 Å². The molecule has 5 nitrogen and oxygen atoms in total. The maximum absolute atomic E-state index is 13.4. The second-order valence-electron chi connectivity index (χ2n) is 6.44. The number of hydrogen-bond donors (Lipinski definition) is 1. The summed E-state index contributed by atoms with van der Waals surface area (Å²) in [5.41, 5.74) is 9.39. The van der Waals surface area contributed by atoms with Gasteiger partial charge in [0.25, 0.3) is 0 Å². The molecular weight excluding hydrogens is 369 g/mol. The van der Waals surface area contributed by atoms with Gasteiger partial charge in [0.05, 0.1) is 18.4 Å². The zero-order valence-electron chi connectivity index (χ0n) is 15.7. The van der Waals surface area contributed by atoms with E-state index >= 15 is 0 Å². The quantitative estimate of drug-likeness (QED) is 0.512. The van der Waals surface area contributed by atoms with Gasteiger partial charge in [0.1, 0.15) is 17.4 Å². The van der Waals surface area contributed by atoms with E-state index in [4.69, 9.17) is 10.5 Å². The Morgan fingerprint density at radius 3 is 2.41 bits per heavy atom. The van der Waals surface area contributed by atoms with Gasteiger partial charge in [-0.3, -0.25) is 14.3 Å². The first-order valence-electron chi connectivity index (χ1n) is 8.95. The third kappa shape index (κ3) is 3.48. The number of nitrogens with two attached hydrogens (primary N) is 1. The van der Waals surface area contributed by atoms with Crippen LogP contribution in [0.2, 0.25) is 0 Å². The zero-order valence-corrected chi connectivity index (χ0v) is 15.7. The number of methoxy groups -OCH3 is 1. The molecule has 2 heterocycles. The summed E-state index contributed by atoms with van der Waals surface area (Å²) in [6, 6.07) is 18.2. The molecule has 0 bridgehead atoms. The van der Waals surface area contributed by atoms with E-state index in [0.717, 1.165) is 5.56 Å². The minimum Gasteiger partial charge on any atom is -0.497 e. The van der Waals surface area contributed by atoms with Crippen molar-refractivity contribution >= 4 is 11.6 Å². The van der Waals surface area contributed by atoms with E-state index in [1.54, 1.807) is 72.6 Å². The molecule has 2 N–H and O–H groups in total. The molecule has 0 aliphatic rings. The number of pyridine rings is 1. The summed E-state index contributed by atoms with van der Waals surface area (Å²) in [5, 5.41) is 0. The topological polar surface area (TPSA) is 70.1 Å². The van der Waals surface area contributed by atoms with Crippen molar-refractivity contribution in [2.45, 2.75) is 0 Å². The van der Waals surface area contributed by atoms with E-state index in [1.807, 2.05) is 6.07 Å². The van der Waals surface area contributed by atoms with Gasteiger partial charge in [0.15, 0.2) is 5.78 Å². The maximum atomic E-state index is 13.4. The monoisotopic (exact) mass is 387 g/mol. The lowest BCUT2D eigenvalue weighted by molar-refractivity contribution is 0.103. The standard InChI is InChI=1S/C23H18FN3O2/c1-29-19-10-4-15(5-11-19)22(28)20-13-21(16-3-2-12-26-14-16)27(23(20)25)18-8-6-17(24)7-9-18/h2-14H,25H2,1H3. The molecule has 0 saturated carbocycles. The van der Waals surface area contributed by atoms with Crippen LogP contribution in [0.4, 0.5) is 10.2 Å². The Labute approximate surface area is 167 Å². The lowest BCUT2D eigenvalue weighted by Gasteiger charge is -2.12. The fourth-order valence-electron chi connectivity index (χ4n) is 3.20. The SMILES string of the molecule is COc1ccc(C(=O)c2cc(-c3cccnc3)n(-c3ccc(F)cc3)c2N)cc1. The molecule has 2 aromatic carbocycles. The second kappa shape index (κ2) is 7.59. The number of carbonyl (C=O) groups is 1. The molecular formula is C23H18FN3O2. The highest BCUT2D eigenvalue weighted by Crippen LogP contribution is 2.32. The Hall–Kier alpha value is -3.93. The van der Waals surface area contributed by atoms with Crippen molar-refractivity contribution in [3.05, 3.63) is 96.1 Å². The van der Waals surface area contributed by atoms with Crippen LogP contribution in [0.25, 0.3) is 16.9 Å². The van der Waals surface area contributed by atoms with Crippen molar-refractivity contribution in [3.8, 4) is 22.7 Å². The number of benzene rings is 2. The van der Waals surface area contributed by atoms with Crippen LogP contribution in [0.15, 0.2) is 79.1 Å². The molecule has 0 aliphatic carbocycles. The molecule has 144 valence electrons. The second-order valence-corrected chi connectivity index (χ2v) is 6.44. The molecule has 0 saturated heterocycles. The number of nitrogen functional groups attached to an aromatic ring is 1. The summed E-state index contributed by atoms with van der Waals surface area (Å²) < 4.78 is 20.3. The van der Waals surface area contributed by atoms with Crippen molar-refractivity contribution in [1.82, 2.24) is 9.55 Å². The number of hydrogen-bond acceptors (Lipinski definition) is 4. The van der Waals surface area contributed by atoms with Crippen molar-refractivity contribution in [3.63, 3.8) is 0 Å². The fraction of sp³-hybridized carbons (Fsp3) is 0.0435. The highest BCUT2D eigenvalue weighted by atomic mass is 19.1. The lowest BCUT2D eigenvalue weighted by atomic mass is 10.0. The van der Waals surface area contributed by atoms with Crippen LogP contribution in [-0.4, -0.2) is 22.4 Å².